The summed E-state index contributed by atoms with van der Waals surface area (Å²) in [5, 5.41) is 6.22. The largest absolute Gasteiger partial charge is 0.497 e. The van der Waals surface area contributed by atoms with E-state index in [9.17, 15) is 9.59 Å². The molecule has 2 aliphatic rings. The van der Waals surface area contributed by atoms with Crippen molar-refractivity contribution in [1.82, 2.24) is 5.32 Å². The van der Waals surface area contributed by atoms with Gasteiger partial charge in [-0.2, -0.15) is 0 Å². The van der Waals surface area contributed by atoms with E-state index in [1.165, 1.54) is 17.5 Å². The van der Waals surface area contributed by atoms with E-state index in [2.05, 4.69) is 39.8 Å². The van der Waals surface area contributed by atoms with Gasteiger partial charge < -0.3 is 25.0 Å². The second kappa shape index (κ2) is 11.6. The summed E-state index contributed by atoms with van der Waals surface area (Å²) in [6.45, 7) is 1.57. The van der Waals surface area contributed by atoms with Crippen LogP contribution in [-0.2, 0) is 13.0 Å². The number of amides is 2. The molecule has 0 saturated heterocycles. The second-order valence-corrected chi connectivity index (χ2v) is 10.0. The standard InChI is InChI=1S/C31H35N3O4/c1-37-26-16-23(17-27(19-26)38-2)30(35)33-25-12-13-29(34-15-14-21-8-6-7-9-22(21)20-34)28(18-25)31(36)32-24-10-4-3-5-11-24/h6-9,12-13,16-19,24H,3-5,10-11,14-15,20H2,1-2H3,(H,32,36)(H,33,35). The number of ether oxygens (including phenoxy) is 2. The van der Waals surface area contributed by atoms with Crippen molar-refractivity contribution < 1.29 is 19.1 Å². The molecule has 0 atom stereocenters. The van der Waals surface area contributed by atoms with Crippen LogP contribution in [-0.4, -0.2) is 38.6 Å². The van der Waals surface area contributed by atoms with Gasteiger partial charge in [-0.15, -0.1) is 0 Å². The maximum atomic E-state index is 13.6. The van der Waals surface area contributed by atoms with Gasteiger partial charge in [0.15, 0.2) is 0 Å². The van der Waals surface area contributed by atoms with E-state index in [1.807, 2.05) is 12.1 Å². The third-order valence-electron chi connectivity index (χ3n) is 7.52. The molecule has 1 heterocycles. The molecule has 2 amide bonds. The van der Waals surface area contributed by atoms with E-state index < -0.39 is 0 Å². The number of methoxy groups -OCH3 is 2. The highest BCUT2D eigenvalue weighted by Crippen LogP contribution is 2.31. The molecule has 7 nitrogen and oxygen atoms in total. The molecule has 0 unspecified atom stereocenters. The minimum Gasteiger partial charge on any atom is -0.497 e. The minimum atomic E-state index is -0.305. The molecule has 0 bridgehead atoms. The molecule has 7 heteroatoms. The smallest absolute Gasteiger partial charge is 0.255 e. The number of benzene rings is 3. The normalized spacial score (nSPS) is 15.4. The summed E-state index contributed by atoms with van der Waals surface area (Å²) in [6.07, 6.45) is 6.44. The minimum absolute atomic E-state index is 0.0927. The van der Waals surface area contributed by atoms with Crippen LogP contribution in [0.3, 0.4) is 0 Å². The fourth-order valence-corrected chi connectivity index (χ4v) is 5.42. The van der Waals surface area contributed by atoms with Crippen LogP contribution in [0.25, 0.3) is 0 Å². The highest BCUT2D eigenvalue weighted by Gasteiger charge is 2.24. The zero-order valence-corrected chi connectivity index (χ0v) is 22.1. The Balaban J connectivity index is 1.43. The van der Waals surface area contributed by atoms with Gasteiger partial charge in [-0.1, -0.05) is 43.5 Å². The van der Waals surface area contributed by atoms with Crippen molar-refractivity contribution in [3.63, 3.8) is 0 Å². The zero-order chi connectivity index (χ0) is 26.5. The van der Waals surface area contributed by atoms with E-state index in [0.29, 0.717) is 28.3 Å². The van der Waals surface area contributed by atoms with Gasteiger partial charge in [0, 0.05) is 42.1 Å². The Hall–Kier alpha value is -4.00. The Morgan fingerprint density at radius 2 is 1.55 bits per heavy atom. The Morgan fingerprint density at radius 1 is 0.842 bits per heavy atom. The molecule has 1 fully saturated rings. The maximum Gasteiger partial charge on any atom is 0.255 e. The van der Waals surface area contributed by atoms with E-state index in [4.69, 9.17) is 9.47 Å². The fourth-order valence-electron chi connectivity index (χ4n) is 5.42. The lowest BCUT2D eigenvalue weighted by Crippen LogP contribution is -2.38. The average molecular weight is 514 g/mol. The quantitative estimate of drug-likeness (QED) is 0.431. The Bertz CT molecular complexity index is 1290. The van der Waals surface area contributed by atoms with Gasteiger partial charge in [0.2, 0.25) is 0 Å². The summed E-state index contributed by atoms with van der Waals surface area (Å²) >= 11 is 0. The fraction of sp³-hybridized carbons (Fsp3) is 0.355. The van der Waals surface area contributed by atoms with Gasteiger partial charge in [-0.05, 0) is 60.7 Å². The number of nitrogens with zero attached hydrogens (tertiary/aromatic N) is 1. The average Bonchev–Trinajstić information content (AvgIpc) is 2.97. The third-order valence-corrected chi connectivity index (χ3v) is 7.52. The molecule has 2 N–H and O–H groups in total. The van der Waals surface area contributed by atoms with Crippen LogP contribution in [0.4, 0.5) is 11.4 Å². The molecule has 5 rings (SSSR count). The lowest BCUT2D eigenvalue weighted by molar-refractivity contribution is 0.0927. The van der Waals surface area contributed by atoms with Crippen LogP contribution in [0.5, 0.6) is 11.5 Å². The molecule has 3 aromatic carbocycles. The first-order valence-corrected chi connectivity index (χ1v) is 13.3. The third kappa shape index (κ3) is 5.77. The Labute approximate surface area is 224 Å². The number of anilines is 2. The highest BCUT2D eigenvalue weighted by molar-refractivity contribution is 6.06. The molecular weight excluding hydrogens is 478 g/mol. The summed E-state index contributed by atoms with van der Waals surface area (Å²) in [6, 6.07) is 19.3. The summed E-state index contributed by atoms with van der Waals surface area (Å²) in [7, 11) is 3.09. The number of hydrogen-bond donors (Lipinski definition) is 2. The molecule has 0 radical (unpaired) electrons. The lowest BCUT2D eigenvalue weighted by Gasteiger charge is -2.32. The number of hydrogen-bond acceptors (Lipinski definition) is 5. The molecule has 1 aliphatic heterocycles. The predicted octanol–water partition coefficient (Wildman–Crippen LogP) is 5.58. The molecule has 1 saturated carbocycles. The van der Waals surface area contributed by atoms with Crippen LogP contribution in [0, 0.1) is 0 Å². The number of carbonyl (C=O) groups is 2. The van der Waals surface area contributed by atoms with E-state index >= 15 is 0 Å². The molecule has 198 valence electrons. The van der Waals surface area contributed by atoms with Crippen molar-refractivity contribution in [2.75, 3.05) is 31.0 Å². The van der Waals surface area contributed by atoms with Crippen LogP contribution in [0.2, 0.25) is 0 Å². The van der Waals surface area contributed by atoms with Crippen molar-refractivity contribution >= 4 is 23.2 Å². The Kier molecular flexibility index (Phi) is 7.82. The summed E-state index contributed by atoms with van der Waals surface area (Å²) in [5.74, 6) is 0.663. The maximum absolute atomic E-state index is 13.6. The van der Waals surface area contributed by atoms with E-state index in [-0.39, 0.29) is 17.9 Å². The van der Waals surface area contributed by atoms with Crippen molar-refractivity contribution in [2.24, 2.45) is 0 Å². The van der Waals surface area contributed by atoms with Gasteiger partial charge in [-0.25, -0.2) is 0 Å². The van der Waals surface area contributed by atoms with Crippen molar-refractivity contribution in [3.05, 3.63) is 82.9 Å². The zero-order valence-electron chi connectivity index (χ0n) is 22.1. The van der Waals surface area contributed by atoms with Crippen molar-refractivity contribution in [3.8, 4) is 11.5 Å². The monoisotopic (exact) mass is 513 g/mol. The van der Waals surface area contributed by atoms with Gasteiger partial charge in [0.25, 0.3) is 11.8 Å². The second-order valence-electron chi connectivity index (χ2n) is 10.0. The first-order valence-electron chi connectivity index (χ1n) is 13.3. The van der Waals surface area contributed by atoms with Gasteiger partial charge in [-0.3, -0.25) is 9.59 Å². The molecule has 38 heavy (non-hydrogen) atoms. The Morgan fingerprint density at radius 3 is 2.26 bits per heavy atom. The lowest BCUT2D eigenvalue weighted by atomic mass is 9.95. The van der Waals surface area contributed by atoms with Gasteiger partial charge in [0.05, 0.1) is 19.8 Å². The molecular formula is C31H35N3O4. The molecule has 1 aliphatic carbocycles. The van der Waals surface area contributed by atoms with E-state index in [1.54, 1.807) is 38.5 Å². The summed E-state index contributed by atoms with van der Waals surface area (Å²) in [4.78, 5) is 29.0. The van der Waals surface area contributed by atoms with Crippen LogP contribution >= 0.6 is 0 Å². The number of nitrogens with one attached hydrogen (secondary N) is 2. The van der Waals surface area contributed by atoms with Crippen LogP contribution in [0.1, 0.15) is 63.9 Å². The van der Waals surface area contributed by atoms with E-state index in [0.717, 1.165) is 50.9 Å². The predicted molar refractivity (Wildman–Crippen MR) is 149 cm³/mol. The molecule has 0 spiro atoms. The van der Waals surface area contributed by atoms with Crippen LogP contribution in [0.15, 0.2) is 60.7 Å². The number of fused-ring (bicyclic) bond motifs is 1. The first-order chi connectivity index (χ1) is 18.5. The SMILES string of the molecule is COc1cc(OC)cc(C(=O)Nc2ccc(N3CCc4ccccc4C3)c(C(=O)NC3CCCCC3)c2)c1. The topological polar surface area (TPSA) is 79.9 Å². The first kappa shape index (κ1) is 25.6. The van der Waals surface area contributed by atoms with Crippen molar-refractivity contribution in [2.45, 2.75) is 51.1 Å². The molecule has 3 aromatic rings. The van der Waals surface area contributed by atoms with Gasteiger partial charge >= 0.3 is 0 Å². The summed E-state index contributed by atoms with van der Waals surface area (Å²) < 4.78 is 10.6. The van der Waals surface area contributed by atoms with Crippen LogP contribution < -0.4 is 25.0 Å². The highest BCUT2D eigenvalue weighted by atomic mass is 16.5. The summed E-state index contributed by atoms with van der Waals surface area (Å²) in [5.41, 5.74) is 5.07. The number of carbonyl (C=O) groups excluding carboxylic acids is 2. The van der Waals surface area contributed by atoms with Crippen molar-refractivity contribution in [1.29, 1.82) is 0 Å². The number of rotatable bonds is 7. The van der Waals surface area contributed by atoms with Gasteiger partial charge in [0.1, 0.15) is 11.5 Å². The molecule has 0 aromatic heterocycles.